The highest BCUT2D eigenvalue weighted by molar-refractivity contribution is 6.30. The Morgan fingerprint density at radius 3 is 2.57 bits per heavy atom. The van der Waals surface area contributed by atoms with Gasteiger partial charge in [-0.05, 0) is 55.5 Å². The number of carbonyl (C=O) groups is 2. The number of aromatic nitrogens is 3. The minimum atomic E-state index is -2.76. The van der Waals surface area contributed by atoms with E-state index >= 15 is 0 Å². The van der Waals surface area contributed by atoms with Gasteiger partial charge >= 0.3 is 0 Å². The second-order valence-electron chi connectivity index (χ2n) is 9.23. The summed E-state index contributed by atoms with van der Waals surface area (Å²) in [4.78, 5) is 26.3. The number of hydrogen-bond acceptors (Lipinski definition) is 4. The summed E-state index contributed by atoms with van der Waals surface area (Å²) in [5, 5.41) is 22.0. The maximum Gasteiger partial charge on any atom is 0.270 e. The molecule has 196 valence electrons. The molecule has 1 aliphatic carbocycles. The topological polar surface area (TPSA) is 103 Å². The van der Waals surface area contributed by atoms with E-state index in [9.17, 15) is 23.6 Å². The second kappa shape index (κ2) is 10.8. The summed E-state index contributed by atoms with van der Waals surface area (Å²) < 4.78 is 29.8. The fourth-order valence-electron chi connectivity index (χ4n) is 4.64. The highest BCUT2D eigenvalue weighted by Crippen LogP contribution is 2.38. The molecule has 1 saturated carbocycles. The summed E-state index contributed by atoms with van der Waals surface area (Å²) in [5.41, 5.74) is 2.61. The monoisotopic (exact) mass is 531 g/mol. The van der Waals surface area contributed by atoms with Crippen molar-refractivity contribution in [1.82, 2.24) is 15.1 Å². The van der Waals surface area contributed by atoms with E-state index in [0.29, 0.717) is 38.9 Å². The van der Waals surface area contributed by atoms with Crippen LogP contribution in [0.15, 0.2) is 48.8 Å². The van der Waals surface area contributed by atoms with Crippen LogP contribution in [0.25, 0.3) is 11.1 Å². The van der Waals surface area contributed by atoms with Crippen LogP contribution in [-0.2, 0) is 11.3 Å². The summed E-state index contributed by atoms with van der Waals surface area (Å²) in [7, 11) is 0. The third-order valence-electron chi connectivity index (χ3n) is 6.76. The lowest BCUT2D eigenvalue weighted by molar-refractivity contribution is -0.611. The van der Waals surface area contributed by atoms with Gasteiger partial charge in [-0.25, -0.2) is 8.78 Å². The number of nitrogens with one attached hydrogen (secondary N) is 2. The van der Waals surface area contributed by atoms with Crippen molar-refractivity contribution in [2.75, 3.05) is 5.32 Å². The zero-order valence-corrected chi connectivity index (χ0v) is 21.3. The van der Waals surface area contributed by atoms with Crippen LogP contribution in [0.3, 0.4) is 0 Å². The maximum absolute atomic E-state index is 13.8. The SMILES string of the molecule is CCn1nccc1C(=O)N[C@@H](C(=O)Nc1ccc(-c2cc(Cl)c[n+]([O-])c2C)cc1)C1CCC(F)(F)CC1. The van der Waals surface area contributed by atoms with Crippen LogP contribution < -0.4 is 15.4 Å². The van der Waals surface area contributed by atoms with E-state index in [1.54, 1.807) is 43.3 Å². The zero-order valence-electron chi connectivity index (χ0n) is 20.5. The number of aryl methyl sites for hydroxylation is 1. The van der Waals surface area contributed by atoms with Gasteiger partial charge in [0.05, 0.1) is 5.56 Å². The predicted octanol–water partition coefficient (Wildman–Crippen LogP) is 4.73. The normalized spacial score (nSPS) is 16.2. The molecule has 0 saturated heterocycles. The molecule has 37 heavy (non-hydrogen) atoms. The highest BCUT2D eigenvalue weighted by Gasteiger charge is 2.40. The lowest BCUT2D eigenvalue weighted by Gasteiger charge is -2.33. The first-order valence-corrected chi connectivity index (χ1v) is 12.5. The molecule has 3 aromatic rings. The van der Waals surface area contributed by atoms with E-state index < -0.39 is 29.7 Å². The average Bonchev–Trinajstić information content (AvgIpc) is 3.34. The van der Waals surface area contributed by atoms with Crippen molar-refractivity contribution in [2.24, 2.45) is 5.92 Å². The zero-order chi connectivity index (χ0) is 26.7. The first-order chi connectivity index (χ1) is 17.6. The Hall–Kier alpha value is -3.53. The fraction of sp³-hybridized carbons (Fsp3) is 0.385. The van der Waals surface area contributed by atoms with Gasteiger partial charge in [0.25, 0.3) is 5.91 Å². The third kappa shape index (κ3) is 6.07. The van der Waals surface area contributed by atoms with Gasteiger partial charge in [0.2, 0.25) is 11.8 Å². The molecular weight excluding hydrogens is 504 g/mol. The van der Waals surface area contributed by atoms with Crippen LogP contribution in [0, 0.1) is 18.0 Å². The quantitative estimate of drug-likeness (QED) is 0.340. The first-order valence-electron chi connectivity index (χ1n) is 12.1. The number of pyridine rings is 1. The largest absolute Gasteiger partial charge is 0.618 e. The van der Waals surface area contributed by atoms with Crippen molar-refractivity contribution in [3.05, 3.63) is 70.4 Å². The molecule has 1 fully saturated rings. The van der Waals surface area contributed by atoms with E-state index in [2.05, 4.69) is 15.7 Å². The van der Waals surface area contributed by atoms with E-state index in [4.69, 9.17) is 11.6 Å². The molecule has 11 heteroatoms. The molecule has 1 aromatic carbocycles. The van der Waals surface area contributed by atoms with Gasteiger partial charge in [-0.1, -0.05) is 23.7 Å². The molecule has 8 nitrogen and oxygen atoms in total. The number of benzene rings is 1. The molecule has 0 radical (unpaired) electrons. The lowest BCUT2D eigenvalue weighted by atomic mass is 9.81. The molecule has 1 aliphatic rings. The van der Waals surface area contributed by atoms with Crippen molar-refractivity contribution < 1.29 is 23.1 Å². The Morgan fingerprint density at radius 2 is 1.92 bits per heavy atom. The van der Waals surface area contributed by atoms with Crippen molar-refractivity contribution >= 4 is 29.1 Å². The Labute approximate surface area is 218 Å². The lowest BCUT2D eigenvalue weighted by Crippen LogP contribution is -2.50. The van der Waals surface area contributed by atoms with Gasteiger partial charge in [0.15, 0.2) is 11.9 Å². The summed E-state index contributed by atoms with van der Waals surface area (Å²) in [6.07, 6.45) is 2.32. The minimum absolute atomic E-state index is 0.112. The van der Waals surface area contributed by atoms with Gasteiger partial charge in [-0.2, -0.15) is 9.83 Å². The van der Waals surface area contributed by atoms with Crippen molar-refractivity contribution in [3.8, 4) is 11.1 Å². The molecule has 4 rings (SSSR count). The van der Waals surface area contributed by atoms with Gasteiger partial charge in [0.1, 0.15) is 16.8 Å². The molecule has 0 bridgehead atoms. The van der Waals surface area contributed by atoms with Crippen LogP contribution >= 0.6 is 11.6 Å². The Balaban J connectivity index is 1.53. The Bertz CT molecular complexity index is 1290. The van der Waals surface area contributed by atoms with Crippen molar-refractivity contribution in [3.63, 3.8) is 0 Å². The summed E-state index contributed by atoms with van der Waals surface area (Å²) in [6.45, 7) is 3.98. The number of alkyl halides is 2. The summed E-state index contributed by atoms with van der Waals surface area (Å²) in [6, 6.07) is 9.05. The summed E-state index contributed by atoms with van der Waals surface area (Å²) in [5.74, 6) is -4.19. The van der Waals surface area contributed by atoms with E-state index in [1.165, 1.54) is 17.1 Å². The minimum Gasteiger partial charge on any atom is -0.618 e. The molecule has 2 aromatic heterocycles. The number of carbonyl (C=O) groups excluding carboxylic acids is 2. The molecule has 2 heterocycles. The molecular formula is C26H28ClF2N5O3. The van der Waals surface area contributed by atoms with Crippen LogP contribution in [0.4, 0.5) is 14.5 Å². The smallest absolute Gasteiger partial charge is 0.270 e. The highest BCUT2D eigenvalue weighted by atomic mass is 35.5. The first kappa shape index (κ1) is 26.5. The molecule has 2 amide bonds. The number of anilines is 1. The number of halogens is 3. The van der Waals surface area contributed by atoms with E-state index in [1.807, 2.05) is 6.92 Å². The van der Waals surface area contributed by atoms with Crippen LogP contribution in [0.2, 0.25) is 5.02 Å². The van der Waals surface area contributed by atoms with E-state index in [-0.39, 0.29) is 25.7 Å². The average molecular weight is 532 g/mol. The molecule has 0 aliphatic heterocycles. The third-order valence-corrected chi connectivity index (χ3v) is 6.96. The van der Waals surface area contributed by atoms with Crippen molar-refractivity contribution in [1.29, 1.82) is 0 Å². The van der Waals surface area contributed by atoms with Crippen molar-refractivity contribution in [2.45, 2.75) is 58.0 Å². The van der Waals surface area contributed by atoms with E-state index in [0.717, 1.165) is 5.56 Å². The molecule has 2 N–H and O–H groups in total. The fourth-order valence-corrected chi connectivity index (χ4v) is 4.84. The van der Waals surface area contributed by atoms with Gasteiger partial charge < -0.3 is 15.8 Å². The van der Waals surface area contributed by atoms with Crippen LogP contribution in [0.5, 0.6) is 0 Å². The Kier molecular flexibility index (Phi) is 7.77. The summed E-state index contributed by atoms with van der Waals surface area (Å²) >= 11 is 6.03. The second-order valence-corrected chi connectivity index (χ2v) is 9.66. The van der Waals surface area contributed by atoms with Gasteiger partial charge in [-0.15, -0.1) is 0 Å². The van der Waals surface area contributed by atoms with Crippen LogP contribution in [-0.4, -0.2) is 33.6 Å². The molecule has 0 unspecified atom stereocenters. The number of nitrogens with zero attached hydrogens (tertiary/aromatic N) is 3. The number of amides is 2. The molecule has 1 atom stereocenters. The molecule has 0 spiro atoms. The Morgan fingerprint density at radius 1 is 1.24 bits per heavy atom. The maximum atomic E-state index is 13.8. The van der Waals surface area contributed by atoms with Gasteiger partial charge in [0, 0.05) is 38.2 Å². The standard InChI is InChI=1S/C26H28ClF2N5O3/c1-3-33-22(10-13-30-33)24(35)32-23(18-8-11-26(28,29)12-9-18)25(36)31-20-6-4-17(5-7-20)21-14-19(27)15-34(37)16(21)2/h4-7,10,13-15,18,23H,3,8-9,11-12H2,1-2H3,(H,31,36)(H,32,35)/t23-/m1/s1. The van der Waals surface area contributed by atoms with Gasteiger partial charge in [-0.3, -0.25) is 14.3 Å². The van der Waals surface area contributed by atoms with Crippen LogP contribution in [0.1, 0.15) is 48.8 Å². The predicted molar refractivity (Wildman–Crippen MR) is 135 cm³/mol. The number of hydrogen-bond donors (Lipinski definition) is 2. The number of rotatable bonds is 7.